The van der Waals surface area contributed by atoms with Gasteiger partial charge in [0.25, 0.3) is 5.91 Å². The minimum atomic E-state index is -0.195. The van der Waals surface area contributed by atoms with E-state index in [1.165, 1.54) is 0 Å². The van der Waals surface area contributed by atoms with E-state index >= 15 is 0 Å². The van der Waals surface area contributed by atoms with Crippen molar-refractivity contribution in [2.24, 2.45) is 0 Å². The van der Waals surface area contributed by atoms with Crippen molar-refractivity contribution in [3.05, 3.63) is 59.7 Å². The normalized spacial score (nSPS) is 11.8. The molecule has 0 saturated carbocycles. The van der Waals surface area contributed by atoms with Gasteiger partial charge in [0.05, 0.1) is 12.6 Å². The lowest BCUT2D eigenvalue weighted by Gasteiger charge is -2.15. The molecule has 2 N–H and O–H groups in total. The number of hydrogen-bond acceptors (Lipinski definition) is 4. The van der Waals surface area contributed by atoms with E-state index in [-0.39, 0.29) is 25.2 Å². The van der Waals surface area contributed by atoms with Crippen LogP contribution < -0.4 is 10.1 Å². The van der Waals surface area contributed by atoms with Crippen molar-refractivity contribution < 1.29 is 14.6 Å². The van der Waals surface area contributed by atoms with Crippen molar-refractivity contribution in [3.8, 4) is 5.75 Å². The van der Waals surface area contributed by atoms with Crippen molar-refractivity contribution in [3.63, 3.8) is 0 Å². The number of benzene rings is 2. The first-order valence-electron chi connectivity index (χ1n) is 7.39. The molecule has 0 aliphatic carbocycles. The van der Waals surface area contributed by atoms with Gasteiger partial charge in [-0.2, -0.15) is 0 Å². The summed E-state index contributed by atoms with van der Waals surface area (Å²) in [5, 5.41) is 12.3. The molecular weight excluding hydrogens is 310 g/mol. The minimum Gasteiger partial charge on any atom is -0.483 e. The molecule has 1 amide bonds. The average Bonchev–Trinajstić information content (AvgIpc) is 2.60. The summed E-state index contributed by atoms with van der Waals surface area (Å²) in [4.78, 5) is 13.1. The van der Waals surface area contributed by atoms with Crippen LogP contribution in [0.2, 0.25) is 0 Å². The molecule has 5 heteroatoms. The summed E-state index contributed by atoms with van der Waals surface area (Å²) in [5.74, 6) is 0.340. The highest BCUT2D eigenvalue weighted by Gasteiger charge is 2.11. The average molecular weight is 331 g/mol. The smallest absolute Gasteiger partial charge is 0.258 e. The third kappa shape index (κ3) is 5.01. The fraction of sp³-hybridized carbons (Fsp3) is 0.278. The van der Waals surface area contributed by atoms with Crippen molar-refractivity contribution in [1.29, 1.82) is 0 Å². The SMILES string of the molecule is CSc1ccc(OCC(=O)NC(C)c2ccccc2)c(CO)c1. The van der Waals surface area contributed by atoms with E-state index in [2.05, 4.69) is 5.32 Å². The van der Waals surface area contributed by atoms with Gasteiger partial charge in [0.15, 0.2) is 6.61 Å². The van der Waals surface area contributed by atoms with Crippen LogP contribution in [-0.2, 0) is 11.4 Å². The number of carbonyl (C=O) groups excluding carboxylic acids is 1. The second-order valence-corrected chi connectivity index (χ2v) is 6.00. The molecule has 0 bridgehead atoms. The van der Waals surface area contributed by atoms with E-state index in [1.807, 2.05) is 55.6 Å². The fourth-order valence-corrected chi connectivity index (χ4v) is 2.66. The summed E-state index contributed by atoms with van der Waals surface area (Å²) < 4.78 is 5.54. The molecule has 2 aromatic rings. The number of hydrogen-bond donors (Lipinski definition) is 2. The Hall–Kier alpha value is -1.98. The van der Waals surface area contributed by atoms with Crippen LogP contribution in [0.3, 0.4) is 0 Å². The van der Waals surface area contributed by atoms with Crippen LogP contribution in [0.25, 0.3) is 0 Å². The van der Waals surface area contributed by atoms with Gasteiger partial charge in [-0.25, -0.2) is 0 Å². The second-order valence-electron chi connectivity index (χ2n) is 5.12. The first kappa shape index (κ1) is 17.4. The number of rotatable bonds is 7. The maximum absolute atomic E-state index is 12.0. The number of carbonyl (C=O) groups is 1. The van der Waals surface area contributed by atoms with Gasteiger partial charge in [0.1, 0.15) is 5.75 Å². The summed E-state index contributed by atoms with van der Waals surface area (Å²) in [5.41, 5.74) is 1.72. The Bertz CT molecular complexity index is 646. The predicted octanol–water partition coefficient (Wildman–Crippen LogP) is 3.16. The minimum absolute atomic E-state index is 0.0801. The molecule has 0 spiro atoms. The van der Waals surface area contributed by atoms with Gasteiger partial charge in [-0.1, -0.05) is 30.3 Å². The van der Waals surface area contributed by atoms with Gasteiger partial charge >= 0.3 is 0 Å². The van der Waals surface area contributed by atoms with E-state index in [9.17, 15) is 9.90 Å². The molecule has 0 heterocycles. The highest BCUT2D eigenvalue weighted by molar-refractivity contribution is 7.98. The Morgan fingerprint density at radius 1 is 1.26 bits per heavy atom. The van der Waals surface area contributed by atoms with Crippen molar-refractivity contribution in [1.82, 2.24) is 5.32 Å². The zero-order chi connectivity index (χ0) is 16.7. The fourth-order valence-electron chi connectivity index (χ4n) is 2.20. The highest BCUT2D eigenvalue weighted by Crippen LogP contribution is 2.25. The summed E-state index contributed by atoms with van der Waals surface area (Å²) in [6.45, 7) is 1.73. The maximum Gasteiger partial charge on any atom is 0.258 e. The van der Waals surface area contributed by atoms with Crippen molar-refractivity contribution >= 4 is 17.7 Å². The van der Waals surface area contributed by atoms with Gasteiger partial charge in [-0.3, -0.25) is 4.79 Å². The molecule has 0 saturated heterocycles. The van der Waals surface area contributed by atoms with Gasteiger partial charge in [0.2, 0.25) is 0 Å². The number of aliphatic hydroxyl groups excluding tert-OH is 1. The van der Waals surface area contributed by atoms with Crippen LogP contribution in [0.5, 0.6) is 5.75 Å². The number of ether oxygens (including phenoxy) is 1. The lowest BCUT2D eigenvalue weighted by molar-refractivity contribution is -0.123. The van der Waals surface area contributed by atoms with Crippen LogP contribution in [-0.4, -0.2) is 23.9 Å². The molecule has 1 atom stereocenters. The van der Waals surface area contributed by atoms with Crippen LogP contribution >= 0.6 is 11.8 Å². The van der Waals surface area contributed by atoms with Crippen LogP contribution in [0.1, 0.15) is 24.1 Å². The summed E-state index contributed by atoms with van der Waals surface area (Å²) in [6, 6.07) is 15.2. The van der Waals surface area contributed by atoms with E-state index in [0.29, 0.717) is 11.3 Å². The van der Waals surface area contributed by atoms with Gasteiger partial charge in [0, 0.05) is 10.5 Å². The van der Waals surface area contributed by atoms with Gasteiger partial charge in [-0.05, 0) is 36.9 Å². The monoisotopic (exact) mass is 331 g/mol. The molecule has 1 unspecified atom stereocenters. The number of nitrogens with one attached hydrogen (secondary N) is 1. The number of thioether (sulfide) groups is 1. The van der Waals surface area contributed by atoms with Crippen LogP contribution in [0.15, 0.2) is 53.4 Å². The topological polar surface area (TPSA) is 58.6 Å². The largest absolute Gasteiger partial charge is 0.483 e. The molecule has 2 rings (SSSR count). The first-order chi connectivity index (χ1) is 11.1. The third-order valence-corrected chi connectivity index (χ3v) is 4.20. The lowest BCUT2D eigenvalue weighted by Crippen LogP contribution is -2.31. The molecule has 0 aliphatic heterocycles. The molecule has 2 aromatic carbocycles. The third-order valence-electron chi connectivity index (χ3n) is 3.47. The number of aliphatic hydroxyl groups is 1. The van der Waals surface area contributed by atoms with E-state index in [0.717, 1.165) is 10.5 Å². The molecular formula is C18H21NO3S. The van der Waals surface area contributed by atoms with E-state index in [1.54, 1.807) is 17.8 Å². The first-order valence-corrected chi connectivity index (χ1v) is 8.61. The molecule has 0 aromatic heterocycles. The Morgan fingerprint density at radius 2 is 2.00 bits per heavy atom. The maximum atomic E-state index is 12.0. The highest BCUT2D eigenvalue weighted by atomic mass is 32.2. The van der Waals surface area contributed by atoms with E-state index in [4.69, 9.17) is 4.74 Å². The van der Waals surface area contributed by atoms with Gasteiger partial charge < -0.3 is 15.2 Å². The Balaban J connectivity index is 1.92. The molecule has 0 radical (unpaired) electrons. The quantitative estimate of drug-likeness (QED) is 0.765. The van der Waals surface area contributed by atoms with E-state index < -0.39 is 0 Å². The summed E-state index contributed by atoms with van der Waals surface area (Å²) >= 11 is 1.59. The predicted molar refractivity (Wildman–Crippen MR) is 92.6 cm³/mol. The zero-order valence-corrected chi connectivity index (χ0v) is 14.1. The Morgan fingerprint density at radius 3 is 2.65 bits per heavy atom. The Kier molecular flexibility index (Phi) is 6.50. The van der Waals surface area contributed by atoms with Crippen molar-refractivity contribution in [2.75, 3.05) is 12.9 Å². The second kappa shape index (κ2) is 8.60. The zero-order valence-electron chi connectivity index (χ0n) is 13.3. The molecule has 122 valence electrons. The van der Waals surface area contributed by atoms with Crippen molar-refractivity contribution in [2.45, 2.75) is 24.5 Å². The lowest BCUT2D eigenvalue weighted by atomic mass is 10.1. The summed E-state index contributed by atoms with van der Waals surface area (Å²) in [6.07, 6.45) is 1.97. The Labute approximate surface area is 140 Å². The standard InChI is InChI=1S/C18H21NO3S/c1-13(14-6-4-3-5-7-14)19-18(21)12-22-17-9-8-16(23-2)10-15(17)11-20/h3-10,13,20H,11-12H2,1-2H3,(H,19,21). The van der Waals surface area contributed by atoms with Crippen LogP contribution in [0.4, 0.5) is 0 Å². The molecule has 0 fully saturated rings. The number of amides is 1. The molecule has 0 aliphatic rings. The molecule has 23 heavy (non-hydrogen) atoms. The summed E-state index contributed by atoms with van der Waals surface area (Å²) in [7, 11) is 0. The van der Waals surface area contributed by atoms with Gasteiger partial charge in [-0.15, -0.1) is 11.8 Å². The van der Waals surface area contributed by atoms with Crippen LogP contribution in [0, 0.1) is 0 Å². The molecule has 4 nitrogen and oxygen atoms in total.